The molecule has 47 heavy (non-hydrogen) atoms. The van der Waals surface area contributed by atoms with Crippen molar-refractivity contribution in [2.24, 2.45) is 17.8 Å². The quantitative estimate of drug-likeness (QED) is 0.224. The lowest BCUT2D eigenvalue weighted by Crippen LogP contribution is -2.57. The molecule has 9 heteroatoms. The molecule has 2 bridgehead atoms. The first-order chi connectivity index (χ1) is 22.5. The Labute approximate surface area is 278 Å². The largest absolute Gasteiger partial charge is 0.494 e. The number of carbonyl (C=O) groups excluding carboxylic acids is 3. The van der Waals surface area contributed by atoms with Crippen molar-refractivity contribution in [1.29, 1.82) is 0 Å². The van der Waals surface area contributed by atoms with Crippen LogP contribution in [0.4, 0.5) is 11.4 Å². The van der Waals surface area contributed by atoms with Crippen molar-refractivity contribution in [3.05, 3.63) is 78.9 Å². The predicted molar refractivity (Wildman–Crippen MR) is 183 cm³/mol. The molecule has 3 fully saturated rings. The van der Waals surface area contributed by atoms with E-state index in [0.29, 0.717) is 37.3 Å². The van der Waals surface area contributed by atoms with E-state index in [4.69, 9.17) is 9.47 Å². The summed E-state index contributed by atoms with van der Waals surface area (Å²) in [6, 6.07) is 12.3. The van der Waals surface area contributed by atoms with Crippen LogP contribution in [0.2, 0.25) is 0 Å². The Morgan fingerprint density at radius 2 is 1.74 bits per heavy atom. The van der Waals surface area contributed by atoms with Gasteiger partial charge in [-0.25, -0.2) is 0 Å². The van der Waals surface area contributed by atoms with Gasteiger partial charge in [0.15, 0.2) is 0 Å². The lowest BCUT2D eigenvalue weighted by atomic mass is 9.62. The topological polar surface area (TPSA) is 99.6 Å². The maximum absolute atomic E-state index is 15.0. The molecule has 0 saturated carbocycles. The van der Waals surface area contributed by atoms with Crippen LogP contribution in [0.15, 0.2) is 67.8 Å². The molecule has 1 N–H and O–H groups in total. The number of likely N-dealkylation sites (tertiary alicyclic amines) is 1. The molecular formula is C38H49N3O6. The number of aliphatic hydroxyl groups is 1. The minimum absolute atomic E-state index is 0.0222. The Hall–Kier alpha value is -3.95. The molecule has 252 valence electrons. The molecule has 6 atom stereocenters. The summed E-state index contributed by atoms with van der Waals surface area (Å²) in [6.07, 6.45) is 4.83. The molecule has 3 aliphatic heterocycles. The van der Waals surface area contributed by atoms with E-state index in [2.05, 4.69) is 13.2 Å². The number of ether oxygens (including phenoxy) is 2. The van der Waals surface area contributed by atoms with Crippen molar-refractivity contribution in [3.8, 4) is 5.75 Å². The average Bonchev–Trinajstić information content (AvgIpc) is 3.56. The van der Waals surface area contributed by atoms with E-state index in [1.165, 1.54) is 0 Å². The SMILES string of the molecule is C=CCN(C(=O)[C@@H]1[C@H]2C(=O)N(CCCCO)C(C(=O)N(CC=C)c3cc(C)ccc3C)C23CC(C)[C@@]1(C)O3)c1ccc(OCC)cc1. The van der Waals surface area contributed by atoms with E-state index in [0.717, 1.165) is 16.8 Å². The molecule has 2 aromatic rings. The summed E-state index contributed by atoms with van der Waals surface area (Å²) in [5, 5.41) is 9.58. The summed E-state index contributed by atoms with van der Waals surface area (Å²) in [5.74, 6) is -1.81. The number of amides is 3. The van der Waals surface area contributed by atoms with Gasteiger partial charge in [-0.05, 0) is 94.3 Å². The molecule has 5 rings (SSSR count). The van der Waals surface area contributed by atoms with Crippen LogP contribution in [0.1, 0.15) is 51.2 Å². The van der Waals surface area contributed by atoms with E-state index in [9.17, 15) is 19.5 Å². The van der Waals surface area contributed by atoms with Crippen LogP contribution in [0.25, 0.3) is 0 Å². The van der Waals surface area contributed by atoms with Crippen molar-refractivity contribution >= 4 is 29.1 Å². The van der Waals surface area contributed by atoms with Gasteiger partial charge in [0.05, 0.1) is 24.0 Å². The fourth-order valence-corrected chi connectivity index (χ4v) is 8.13. The molecule has 3 aliphatic rings. The molecular weight excluding hydrogens is 594 g/mol. The third-order valence-electron chi connectivity index (χ3n) is 10.4. The zero-order valence-electron chi connectivity index (χ0n) is 28.4. The van der Waals surface area contributed by atoms with Crippen molar-refractivity contribution < 1.29 is 29.0 Å². The predicted octanol–water partition coefficient (Wildman–Crippen LogP) is 5.22. The Bertz CT molecular complexity index is 1520. The summed E-state index contributed by atoms with van der Waals surface area (Å²) in [6.45, 7) is 18.9. The molecule has 3 amide bonds. The van der Waals surface area contributed by atoms with Crippen LogP contribution < -0.4 is 14.5 Å². The number of aliphatic hydroxyl groups excluding tert-OH is 1. The highest BCUT2D eigenvalue weighted by molar-refractivity contribution is 6.07. The fraction of sp³-hybridized carbons (Fsp3) is 0.500. The van der Waals surface area contributed by atoms with E-state index in [1.807, 2.05) is 77.1 Å². The minimum Gasteiger partial charge on any atom is -0.494 e. The van der Waals surface area contributed by atoms with E-state index in [-0.39, 0.29) is 49.9 Å². The van der Waals surface area contributed by atoms with Crippen LogP contribution in [-0.2, 0) is 19.1 Å². The maximum atomic E-state index is 15.0. The minimum atomic E-state index is -1.20. The zero-order chi connectivity index (χ0) is 34.1. The van der Waals surface area contributed by atoms with Crippen LogP contribution in [-0.4, -0.2) is 77.8 Å². The molecule has 3 unspecified atom stereocenters. The third kappa shape index (κ3) is 5.78. The Kier molecular flexibility index (Phi) is 9.99. The van der Waals surface area contributed by atoms with Gasteiger partial charge in [0.2, 0.25) is 11.8 Å². The number of hydrogen-bond acceptors (Lipinski definition) is 6. The first-order valence-electron chi connectivity index (χ1n) is 16.7. The van der Waals surface area contributed by atoms with Crippen LogP contribution in [0.3, 0.4) is 0 Å². The fourth-order valence-electron chi connectivity index (χ4n) is 8.13. The number of rotatable bonds is 14. The number of aryl methyl sites for hydroxylation is 2. The summed E-state index contributed by atoms with van der Waals surface area (Å²) >= 11 is 0. The first kappa shape index (κ1) is 34.4. The van der Waals surface area contributed by atoms with Gasteiger partial charge < -0.3 is 29.3 Å². The number of hydrogen-bond donors (Lipinski definition) is 1. The van der Waals surface area contributed by atoms with Gasteiger partial charge in [-0.15, -0.1) is 13.2 Å². The molecule has 1 spiro atoms. The first-order valence-corrected chi connectivity index (χ1v) is 16.7. The van der Waals surface area contributed by atoms with Crippen molar-refractivity contribution in [2.75, 3.05) is 42.6 Å². The molecule has 2 aromatic carbocycles. The highest BCUT2D eigenvalue weighted by atomic mass is 16.5. The molecule has 3 heterocycles. The van der Waals surface area contributed by atoms with Gasteiger partial charge in [-0.2, -0.15) is 0 Å². The summed E-state index contributed by atoms with van der Waals surface area (Å²) in [7, 11) is 0. The number of fused-ring (bicyclic) bond motifs is 1. The second kappa shape index (κ2) is 13.6. The van der Waals surface area contributed by atoms with Gasteiger partial charge in [-0.3, -0.25) is 14.4 Å². The number of nitrogens with zero attached hydrogens (tertiary/aromatic N) is 3. The Morgan fingerprint density at radius 1 is 1.06 bits per heavy atom. The highest BCUT2D eigenvalue weighted by Crippen LogP contribution is 2.65. The standard InChI is InChI=1S/C38H49N3O6/c1-8-19-39(28-15-17-29(18-16-28)46-10-3)34(43)31-32-35(44)41(21-11-12-22-42)33(38(32)24-27(6)37(31,7)47-38)36(45)40(20-9-2)30-23-25(4)13-14-26(30)5/h8-9,13-18,23,27,31-33,42H,1-2,10-12,19-22,24H2,3-7H3/t27?,31-,32-,33?,37+,38?/m0/s1. The lowest BCUT2D eigenvalue weighted by Gasteiger charge is -2.39. The maximum Gasteiger partial charge on any atom is 0.253 e. The average molecular weight is 644 g/mol. The zero-order valence-corrected chi connectivity index (χ0v) is 28.4. The summed E-state index contributed by atoms with van der Waals surface area (Å²) in [4.78, 5) is 49.5. The summed E-state index contributed by atoms with van der Waals surface area (Å²) in [5.41, 5.74) is 1.18. The van der Waals surface area contributed by atoms with Crippen LogP contribution in [0.5, 0.6) is 5.75 Å². The van der Waals surface area contributed by atoms with Crippen molar-refractivity contribution in [2.45, 2.75) is 71.1 Å². The molecule has 0 aliphatic carbocycles. The van der Waals surface area contributed by atoms with Crippen molar-refractivity contribution in [3.63, 3.8) is 0 Å². The second-order valence-corrected chi connectivity index (χ2v) is 13.4. The third-order valence-corrected chi connectivity index (χ3v) is 10.4. The highest BCUT2D eigenvalue weighted by Gasteiger charge is 2.80. The molecule has 0 radical (unpaired) electrons. The normalized spacial score (nSPS) is 27.4. The summed E-state index contributed by atoms with van der Waals surface area (Å²) < 4.78 is 12.6. The monoisotopic (exact) mass is 643 g/mol. The molecule has 9 nitrogen and oxygen atoms in total. The van der Waals surface area contributed by atoms with Gasteiger partial charge in [0, 0.05) is 37.6 Å². The Morgan fingerprint density at radius 3 is 2.38 bits per heavy atom. The second-order valence-electron chi connectivity index (χ2n) is 13.4. The van der Waals surface area contributed by atoms with E-state index < -0.39 is 29.1 Å². The smallest absolute Gasteiger partial charge is 0.253 e. The van der Waals surface area contributed by atoms with Crippen LogP contribution in [0, 0.1) is 31.6 Å². The van der Waals surface area contributed by atoms with E-state index >= 15 is 0 Å². The number of anilines is 2. The lowest BCUT2D eigenvalue weighted by molar-refractivity contribution is -0.145. The van der Waals surface area contributed by atoms with E-state index in [1.54, 1.807) is 26.9 Å². The van der Waals surface area contributed by atoms with Gasteiger partial charge in [-0.1, -0.05) is 31.2 Å². The van der Waals surface area contributed by atoms with Gasteiger partial charge in [0.25, 0.3) is 5.91 Å². The van der Waals surface area contributed by atoms with Crippen LogP contribution >= 0.6 is 0 Å². The molecule has 3 saturated heterocycles. The van der Waals surface area contributed by atoms with Crippen molar-refractivity contribution in [1.82, 2.24) is 4.90 Å². The number of carbonyl (C=O) groups is 3. The molecule has 0 aromatic heterocycles. The Balaban J connectivity index is 1.60. The number of unbranched alkanes of at least 4 members (excludes halogenated alkanes) is 1. The van der Waals surface area contributed by atoms with Gasteiger partial charge in [0.1, 0.15) is 17.4 Å². The van der Waals surface area contributed by atoms with Gasteiger partial charge >= 0.3 is 0 Å². The number of benzene rings is 2.